The molecular weight excluding hydrogens is 671 g/mol. The maximum absolute atomic E-state index is 12.8. The molecule has 0 aliphatic rings. The number of carbonyl (C=O) groups is 1. The molecule has 0 saturated carbocycles. The topological polar surface area (TPSA) is 108 Å². The highest BCUT2D eigenvalue weighted by Gasteiger charge is 2.23. The fourth-order valence-electron chi connectivity index (χ4n) is 5.89. The highest BCUT2D eigenvalue weighted by molar-refractivity contribution is 7.45. The summed E-state index contributed by atoms with van der Waals surface area (Å²) < 4.78 is 23.1. The minimum absolute atomic E-state index is 0.00427. The number of aliphatic hydroxyl groups is 1. The fraction of sp³-hybridized carbons (Fsp3) is 0.837. The number of aliphatic hydroxyl groups excluding tert-OH is 1. The lowest BCUT2D eigenvalue weighted by Crippen LogP contribution is -2.45. The summed E-state index contributed by atoms with van der Waals surface area (Å²) in [6.07, 6.45) is 41.8. The van der Waals surface area contributed by atoms with Gasteiger partial charge in [0.25, 0.3) is 7.82 Å². The molecule has 3 atom stereocenters. The van der Waals surface area contributed by atoms with Crippen molar-refractivity contribution in [2.75, 3.05) is 40.9 Å². The molecule has 0 fully saturated rings. The molecule has 0 spiro atoms. The number of hydrogen-bond donors (Lipinski definition) is 2. The zero-order valence-corrected chi connectivity index (χ0v) is 35.4. The molecule has 0 heterocycles. The first-order chi connectivity index (χ1) is 25.0. The summed E-state index contributed by atoms with van der Waals surface area (Å²) in [5.74, 6) is -0.213. The number of carbonyl (C=O) groups excluding carboxylic acids is 1. The monoisotopic (exact) mass is 755 g/mol. The summed E-state index contributed by atoms with van der Waals surface area (Å²) in [5, 5.41) is 13.7. The van der Waals surface area contributed by atoms with Crippen molar-refractivity contribution in [1.29, 1.82) is 0 Å². The van der Waals surface area contributed by atoms with E-state index < -0.39 is 20.0 Å². The Kier molecular flexibility index (Phi) is 34.6. The molecule has 0 aliphatic carbocycles. The standard InChI is InChI=1S/C43H83N2O6P/c1-6-8-10-12-14-16-18-20-22-23-25-27-29-31-33-35-37-43(47)44-41(40-51-52(48,49)50-39-38-45(3,4)5)42(46)36-34-32-30-28-26-24-21-19-17-15-13-11-9-7-2/h16,18,22-23,34,36,41-42,46H,6-15,17,19-21,24-33,35,37-40H2,1-5H3,(H-,44,47,48,49)/b18-16-,23-22-,36-34+. The Balaban J connectivity index is 4.50. The van der Waals surface area contributed by atoms with Crippen LogP contribution in [0.3, 0.4) is 0 Å². The highest BCUT2D eigenvalue weighted by atomic mass is 31.2. The third kappa shape index (κ3) is 37.1. The van der Waals surface area contributed by atoms with Gasteiger partial charge < -0.3 is 28.8 Å². The largest absolute Gasteiger partial charge is 0.756 e. The van der Waals surface area contributed by atoms with E-state index in [2.05, 4.69) is 43.5 Å². The van der Waals surface area contributed by atoms with Gasteiger partial charge in [0.05, 0.1) is 39.9 Å². The van der Waals surface area contributed by atoms with Crippen molar-refractivity contribution < 1.29 is 32.9 Å². The molecule has 0 rings (SSSR count). The SMILES string of the molecule is CCCCCC/C=C\C/C=C\CCCCCCCC(=O)NC(COP(=O)([O-])OCC[N+](C)(C)C)C(O)/C=C/CCCCCCCCCCCCCC. The van der Waals surface area contributed by atoms with Crippen molar-refractivity contribution in [1.82, 2.24) is 5.32 Å². The summed E-state index contributed by atoms with van der Waals surface area (Å²) in [4.78, 5) is 25.2. The lowest BCUT2D eigenvalue weighted by Gasteiger charge is -2.29. The van der Waals surface area contributed by atoms with Gasteiger partial charge in [0.2, 0.25) is 5.91 Å². The van der Waals surface area contributed by atoms with Crippen LogP contribution in [0.1, 0.15) is 181 Å². The minimum Gasteiger partial charge on any atom is -0.756 e. The molecule has 1 amide bonds. The van der Waals surface area contributed by atoms with Crippen LogP contribution in [0.15, 0.2) is 36.5 Å². The van der Waals surface area contributed by atoms with Gasteiger partial charge in [-0.05, 0) is 51.4 Å². The Bertz CT molecular complexity index is 948. The fourth-order valence-corrected chi connectivity index (χ4v) is 6.61. The van der Waals surface area contributed by atoms with Gasteiger partial charge in [0, 0.05) is 6.42 Å². The van der Waals surface area contributed by atoms with Crippen LogP contribution >= 0.6 is 7.82 Å². The molecule has 2 N–H and O–H groups in total. The van der Waals surface area contributed by atoms with Crippen LogP contribution in [0, 0.1) is 0 Å². The Hall–Kier alpha value is -1.28. The molecule has 3 unspecified atom stereocenters. The first-order valence-corrected chi connectivity index (χ1v) is 22.8. The number of amides is 1. The van der Waals surface area contributed by atoms with E-state index in [1.807, 2.05) is 27.2 Å². The van der Waals surface area contributed by atoms with E-state index in [0.717, 1.165) is 64.2 Å². The molecular formula is C43H83N2O6P. The average Bonchev–Trinajstić information content (AvgIpc) is 3.09. The number of likely N-dealkylation sites (N-methyl/N-ethyl adjacent to an activating group) is 1. The smallest absolute Gasteiger partial charge is 0.268 e. The molecule has 52 heavy (non-hydrogen) atoms. The first-order valence-electron chi connectivity index (χ1n) is 21.4. The number of quaternary nitrogens is 1. The van der Waals surface area contributed by atoms with Gasteiger partial charge in [-0.3, -0.25) is 9.36 Å². The first kappa shape index (κ1) is 50.7. The van der Waals surface area contributed by atoms with Crippen LogP contribution in [0.4, 0.5) is 0 Å². The lowest BCUT2D eigenvalue weighted by atomic mass is 10.0. The lowest BCUT2D eigenvalue weighted by molar-refractivity contribution is -0.870. The van der Waals surface area contributed by atoms with Crippen LogP contribution < -0.4 is 10.2 Å². The van der Waals surface area contributed by atoms with Crippen LogP contribution in [-0.2, 0) is 18.4 Å². The van der Waals surface area contributed by atoms with Gasteiger partial charge in [-0.25, -0.2) is 0 Å². The summed E-state index contributed by atoms with van der Waals surface area (Å²) in [6, 6.07) is -0.891. The van der Waals surface area contributed by atoms with E-state index in [9.17, 15) is 19.4 Å². The molecule has 9 heteroatoms. The van der Waals surface area contributed by atoms with Crippen molar-refractivity contribution in [2.45, 2.75) is 193 Å². The van der Waals surface area contributed by atoms with E-state index in [-0.39, 0.29) is 19.1 Å². The summed E-state index contributed by atoms with van der Waals surface area (Å²) >= 11 is 0. The highest BCUT2D eigenvalue weighted by Crippen LogP contribution is 2.38. The van der Waals surface area contributed by atoms with E-state index in [0.29, 0.717) is 17.4 Å². The summed E-state index contributed by atoms with van der Waals surface area (Å²) in [5.41, 5.74) is 0. The van der Waals surface area contributed by atoms with Crippen molar-refractivity contribution in [2.24, 2.45) is 0 Å². The van der Waals surface area contributed by atoms with Crippen LogP contribution in [0.5, 0.6) is 0 Å². The molecule has 0 radical (unpaired) electrons. The molecule has 0 aliphatic heterocycles. The summed E-state index contributed by atoms with van der Waals surface area (Å²) in [6.45, 7) is 4.60. The number of rotatable bonds is 38. The second kappa shape index (κ2) is 35.4. The average molecular weight is 755 g/mol. The van der Waals surface area contributed by atoms with Crippen LogP contribution in [0.25, 0.3) is 0 Å². The van der Waals surface area contributed by atoms with Crippen molar-refractivity contribution >= 4 is 13.7 Å². The number of phosphoric acid groups is 1. The normalized spacial score (nSPS) is 14.8. The molecule has 0 bridgehead atoms. The molecule has 8 nitrogen and oxygen atoms in total. The molecule has 0 saturated heterocycles. The van der Waals surface area contributed by atoms with Gasteiger partial charge in [-0.15, -0.1) is 0 Å². The van der Waals surface area contributed by atoms with E-state index in [4.69, 9.17) is 9.05 Å². The zero-order chi connectivity index (χ0) is 38.6. The second-order valence-electron chi connectivity index (χ2n) is 15.7. The second-order valence-corrected chi connectivity index (χ2v) is 17.1. The van der Waals surface area contributed by atoms with Gasteiger partial charge in [-0.1, -0.05) is 159 Å². The third-order valence-corrected chi connectivity index (χ3v) is 10.3. The van der Waals surface area contributed by atoms with Gasteiger partial charge >= 0.3 is 0 Å². The minimum atomic E-state index is -4.59. The Morgan fingerprint density at radius 3 is 1.62 bits per heavy atom. The maximum Gasteiger partial charge on any atom is 0.268 e. The predicted octanol–water partition coefficient (Wildman–Crippen LogP) is 10.9. The Labute approximate surface area is 321 Å². The molecule has 0 aromatic heterocycles. The maximum atomic E-state index is 12.8. The number of allylic oxidation sites excluding steroid dienone is 5. The molecule has 0 aromatic rings. The number of phosphoric ester groups is 1. The number of nitrogens with one attached hydrogen (secondary N) is 1. The zero-order valence-electron chi connectivity index (χ0n) is 34.5. The van der Waals surface area contributed by atoms with Crippen molar-refractivity contribution in [3.63, 3.8) is 0 Å². The summed E-state index contributed by atoms with van der Waals surface area (Å²) in [7, 11) is 1.25. The number of hydrogen-bond acceptors (Lipinski definition) is 6. The molecule has 306 valence electrons. The van der Waals surface area contributed by atoms with Gasteiger partial charge in [0.15, 0.2) is 0 Å². The van der Waals surface area contributed by atoms with Crippen LogP contribution in [0.2, 0.25) is 0 Å². The van der Waals surface area contributed by atoms with Crippen molar-refractivity contribution in [3.05, 3.63) is 36.5 Å². The van der Waals surface area contributed by atoms with Gasteiger partial charge in [-0.2, -0.15) is 0 Å². The Morgan fingerprint density at radius 1 is 0.673 bits per heavy atom. The number of unbranched alkanes of at least 4 members (excludes halogenated alkanes) is 21. The molecule has 0 aromatic carbocycles. The van der Waals surface area contributed by atoms with Gasteiger partial charge in [0.1, 0.15) is 13.2 Å². The Morgan fingerprint density at radius 2 is 1.12 bits per heavy atom. The van der Waals surface area contributed by atoms with Crippen molar-refractivity contribution in [3.8, 4) is 0 Å². The quantitative estimate of drug-likeness (QED) is 0.0281. The van der Waals surface area contributed by atoms with E-state index in [1.54, 1.807) is 6.08 Å². The van der Waals surface area contributed by atoms with Crippen LogP contribution in [-0.4, -0.2) is 68.5 Å². The van der Waals surface area contributed by atoms with E-state index in [1.165, 1.54) is 96.3 Å². The van der Waals surface area contributed by atoms with E-state index >= 15 is 0 Å². The number of nitrogens with zero attached hydrogens (tertiary/aromatic N) is 1. The third-order valence-electron chi connectivity index (χ3n) is 9.34. The predicted molar refractivity (Wildman–Crippen MR) is 219 cm³/mol.